The molecule has 0 N–H and O–H groups in total. The number of hydrogen-bond acceptors (Lipinski definition) is 2. The van der Waals surface area contributed by atoms with Crippen molar-refractivity contribution in [3.63, 3.8) is 0 Å². The van der Waals surface area contributed by atoms with E-state index in [4.69, 9.17) is 4.74 Å². The van der Waals surface area contributed by atoms with E-state index in [1.165, 1.54) is 38.5 Å². The van der Waals surface area contributed by atoms with Gasteiger partial charge in [0.2, 0.25) is 0 Å². The van der Waals surface area contributed by atoms with Crippen molar-refractivity contribution in [1.29, 1.82) is 0 Å². The van der Waals surface area contributed by atoms with Crippen molar-refractivity contribution in [2.75, 3.05) is 0 Å². The van der Waals surface area contributed by atoms with Crippen LogP contribution in [-0.2, 0) is 9.53 Å². The Hall–Kier alpha value is -0.530. The van der Waals surface area contributed by atoms with Gasteiger partial charge in [0.25, 0.3) is 6.47 Å². The third kappa shape index (κ3) is 1.76. The number of ether oxygens (including phenoxy) is 1. The summed E-state index contributed by atoms with van der Waals surface area (Å²) < 4.78 is 5.10. The third-order valence-electron chi connectivity index (χ3n) is 5.17. The minimum atomic E-state index is 0.119. The smallest absolute Gasteiger partial charge is 0.293 e. The highest BCUT2D eigenvalue weighted by Crippen LogP contribution is 2.61. The van der Waals surface area contributed by atoms with E-state index in [2.05, 4.69) is 0 Å². The quantitative estimate of drug-likeness (QED) is 0.683. The molecule has 0 heterocycles. The molecule has 1 atom stereocenters. The lowest BCUT2D eigenvalue weighted by Crippen LogP contribution is -2.47. The zero-order valence-electron chi connectivity index (χ0n) is 10.2. The molecule has 0 saturated heterocycles. The SMILES string of the molecule is CC(CC12CC3CC(CC(C3)C1)C2)OC=O. The molecule has 4 fully saturated rings. The fourth-order valence-electron chi connectivity index (χ4n) is 5.29. The van der Waals surface area contributed by atoms with Crippen LogP contribution in [0.15, 0.2) is 0 Å². The van der Waals surface area contributed by atoms with Crippen molar-refractivity contribution in [3.05, 3.63) is 0 Å². The largest absolute Gasteiger partial charge is 0.465 e. The molecule has 1 unspecified atom stereocenters. The molecule has 2 heteroatoms. The molecule has 0 aromatic carbocycles. The lowest BCUT2D eigenvalue weighted by Gasteiger charge is -2.57. The predicted molar refractivity (Wildman–Crippen MR) is 61.8 cm³/mol. The lowest BCUT2D eigenvalue weighted by molar-refractivity contribution is -0.137. The summed E-state index contributed by atoms with van der Waals surface area (Å²) in [5.41, 5.74) is 0.539. The van der Waals surface area contributed by atoms with Gasteiger partial charge in [-0.15, -0.1) is 0 Å². The van der Waals surface area contributed by atoms with E-state index in [9.17, 15) is 4.79 Å². The van der Waals surface area contributed by atoms with Crippen LogP contribution < -0.4 is 0 Å². The summed E-state index contributed by atoms with van der Waals surface area (Å²) in [6, 6.07) is 0. The van der Waals surface area contributed by atoms with Crippen LogP contribution in [0.5, 0.6) is 0 Å². The van der Waals surface area contributed by atoms with Gasteiger partial charge in [0.05, 0.1) is 6.10 Å². The van der Waals surface area contributed by atoms with Crippen LogP contribution in [0.2, 0.25) is 0 Å². The molecule has 4 aliphatic rings. The number of rotatable bonds is 4. The van der Waals surface area contributed by atoms with Crippen molar-refractivity contribution >= 4 is 6.47 Å². The molecule has 4 rings (SSSR count). The third-order valence-corrected chi connectivity index (χ3v) is 5.17. The van der Waals surface area contributed by atoms with Gasteiger partial charge < -0.3 is 4.74 Å². The Morgan fingerprint density at radius 2 is 1.69 bits per heavy atom. The maximum atomic E-state index is 10.4. The Labute approximate surface area is 97.7 Å². The van der Waals surface area contributed by atoms with Crippen LogP contribution in [0.1, 0.15) is 51.9 Å². The summed E-state index contributed by atoms with van der Waals surface area (Å²) in [7, 11) is 0. The molecular formula is C14H22O2. The highest BCUT2D eigenvalue weighted by Gasteiger charge is 2.51. The lowest BCUT2D eigenvalue weighted by atomic mass is 9.48. The first-order chi connectivity index (χ1) is 7.69. The van der Waals surface area contributed by atoms with E-state index in [-0.39, 0.29) is 6.10 Å². The maximum absolute atomic E-state index is 10.4. The van der Waals surface area contributed by atoms with Gasteiger partial charge >= 0.3 is 0 Å². The zero-order chi connectivity index (χ0) is 11.2. The molecule has 2 nitrogen and oxygen atoms in total. The maximum Gasteiger partial charge on any atom is 0.293 e. The molecule has 0 spiro atoms. The van der Waals surface area contributed by atoms with Crippen molar-refractivity contribution in [3.8, 4) is 0 Å². The van der Waals surface area contributed by atoms with Crippen LogP contribution >= 0.6 is 0 Å². The van der Waals surface area contributed by atoms with Gasteiger partial charge in [-0.05, 0) is 75.0 Å². The van der Waals surface area contributed by atoms with Crippen molar-refractivity contribution in [2.45, 2.75) is 58.0 Å². The summed E-state index contributed by atoms with van der Waals surface area (Å²) in [4.78, 5) is 10.4. The molecule has 0 amide bonds. The number of carbonyl (C=O) groups excluding carboxylic acids is 1. The van der Waals surface area contributed by atoms with E-state index >= 15 is 0 Å². The van der Waals surface area contributed by atoms with Gasteiger partial charge in [-0.3, -0.25) is 4.79 Å². The molecule has 4 saturated carbocycles. The second-order valence-corrected chi connectivity index (χ2v) is 6.66. The predicted octanol–water partition coefficient (Wildman–Crippen LogP) is 3.15. The average molecular weight is 222 g/mol. The second-order valence-electron chi connectivity index (χ2n) is 6.66. The van der Waals surface area contributed by atoms with Gasteiger partial charge in [0, 0.05) is 0 Å². The second kappa shape index (κ2) is 3.75. The molecule has 0 aromatic heterocycles. The minimum absolute atomic E-state index is 0.119. The van der Waals surface area contributed by atoms with Gasteiger partial charge in [-0.25, -0.2) is 0 Å². The minimum Gasteiger partial charge on any atom is -0.465 e. The molecule has 16 heavy (non-hydrogen) atoms. The first kappa shape index (κ1) is 10.6. The topological polar surface area (TPSA) is 26.3 Å². The van der Waals surface area contributed by atoms with E-state index in [0.717, 1.165) is 24.2 Å². The molecule has 0 aliphatic heterocycles. The van der Waals surface area contributed by atoms with Crippen molar-refractivity contribution < 1.29 is 9.53 Å². The van der Waals surface area contributed by atoms with Gasteiger partial charge in [-0.2, -0.15) is 0 Å². The summed E-state index contributed by atoms with van der Waals surface area (Å²) in [6.07, 6.45) is 9.92. The van der Waals surface area contributed by atoms with Crippen LogP contribution in [0.3, 0.4) is 0 Å². The van der Waals surface area contributed by atoms with Crippen LogP contribution in [0.25, 0.3) is 0 Å². The van der Waals surface area contributed by atoms with Gasteiger partial charge in [-0.1, -0.05) is 0 Å². The highest BCUT2D eigenvalue weighted by molar-refractivity contribution is 5.37. The van der Waals surface area contributed by atoms with Crippen molar-refractivity contribution in [2.24, 2.45) is 23.2 Å². The first-order valence-corrected chi connectivity index (χ1v) is 6.78. The van der Waals surface area contributed by atoms with E-state index in [0.29, 0.717) is 11.9 Å². The standard InChI is InChI=1S/C14H22O2/c1-10(16-9-15)5-14-6-11-2-12(7-14)4-13(3-11)8-14/h9-13H,2-8H2,1H3. The fourth-order valence-corrected chi connectivity index (χ4v) is 5.29. The summed E-state index contributed by atoms with van der Waals surface area (Å²) in [5, 5.41) is 0. The Morgan fingerprint density at radius 3 is 2.12 bits per heavy atom. The Balaban J connectivity index is 1.71. The summed E-state index contributed by atoms with van der Waals surface area (Å²) in [5.74, 6) is 2.99. The van der Waals surface area contributed by atoms with E-state index in [1.807, 2.05) is 6.92 Å². The number of hydrogen-bond donors (Lipinski definition) is 0. The van der Waals surface area contributed by atoms with Gasteiger partial charge in [0.1, 0.15) is 0 Å². The van der Waals surface area contributed by atoms with E-state index in [1.54, 1.807) is 0 Å². The molecule has 90 valence electrons. The molecule has 4 bridgehead atoms. The van der Waals surface area contributed by atoms with Crippen LogP contribution in [0, 0.1) is 23.2 Å². The zero-order valence-corrected chi connectivity index (χ0v) is 10.2. The average Bonchev–Trinajstić information content (AvgIpc) is 2.13. The molecular weight excluding hydrogens is 200 g/mol. The monoisotopic (exact) mass is 222 g/mol. The number of carbonyl (C=O) groups is 1. The van der Waals surface area contributed by atoms with Gasteiger partial charge in [0.15, 0.2) is 0 Å². The summed E-state index contributed by atoms with van der Waals surface area (Å²) >= 11 is 0. The molecule has 4 aliphatic carbocycles. The first-order valence-electron chi connectivity index (χ1n) is 6.78. The van der Waals surface area contributed by atoms with Crippen LogP contribution in [0.4, 0.5) is 0 Å². The van der Waals surface area contributed by atoms with Crippen LogP contribution in [-0.4, -0.2) is 12.6 Å². The summed E-state index contributed by atoms with van der Waals surface area (Å²) in [6.45, 7) is 2.66. The normalized spacial score (nSPS) is 46.7. The molecule has 0 aromatic rings. The van der Waals surface area contributed by atoms with E-state index < -0.39 is 0 Å². The Bertz CT molecular complexity index is 249. The molecule has 0 radical (unpaired) electrons. The Kier molecular flexibility index (Phi) is 2.49. The fraction of sp³-hybridized carbons (Fsp3) is 0.929. The Morgan fingerprint density at radius 1 is 1.19 bits per heavy atom. The highest BCUT2D eigenvalue weighted by atomic mass is 16.5. The van der Waals surface area contributed by atoms with Crippen molar-refractivity contribution in [1.82, 2.24) is 0 Å².